The van der Waals surface area contributed by atoms with E-state index in [1.165, 1.54) is 10.8 Å². The van der Waals surface area contributed by atoms with Crippen LogP contribution in [0.4, 0.5) is 5.69 Å². The van der Waals surface area contributed by atoms with Crippen LogP contribution >= 0.6 is 0 Å². The number of fused-ring (bicyclic) bond motifs is 2. The molecule has 4 aromatic rings. The van der Waals surface area contributed by atoms with Gasteiger partial charge in [-0.25, -0.2) is 4.79 Å². The van der Waals surface area contributed by atoms with Crippen LogP contribution in [0.2, 0.25) is 0 Å². The normalized spacial score (nSPS) is 13.2. The second-order valence-electron chi connectivity index (χ2n) is 7.21. The zero-order valence-corrected chi connectivity index (χ0v) is 16.5. The first-order valence-corrected chi connectivity index (χ1v) is 9.86. The van der Waals surface area contributed by atoms with Crippen LogP contribution in [0, 0.1) is 0 Å². The zero-order chi connectivity index (χ0) is 20.0. The molecule has 29 heavy (non-hydrogen) atoms. The van der Waals surface area contributed by atoms with Crippen molar-refractivity contribution in [1.29, 1.82) is 0 Å². The first-order valence-electron chi connectivity index (χ1n) is 9.86. The van der Waals surface area contributed by atoms with Gasteiger partial charge in [-0.3, -0.25) is 0 Å². The molecule has 0 aromatic heterocycles. The second-order valence-corrected chi connectivity index (χ2v) is 7.21. The molecule has 3 heteroatoms. The van der Waals surface area contributed by atoms with Gasteiger partial charge in [-0.1, -0.05) is 72.8 Å². The predicted octanol–water partition coefficient (Wildman–Crippen LogP) is 5.87. The van der Waals surface area contributed by atoms with Gasteiger partial charge in [-0.05, 0) is 34.7 Å². The van der Waals surface area contributed by atoms with Gasteiger partial charge < -0.3 is 9.64 Å². The van der Waals surface area contributed by atoms with Crippen LogP contribution in [0.1, 0.15) is 18.1 Å². The van der Waals surface area contributed by atoms with Crippen LogP contribution in [0.5, 0.6) is 0 Å². The van der Waals surface area contributed by atoms with Crippen LogP contribution in [0.3, 0.4) is 0 Å². The fourth-order valence-corrected chi connectivity index (χ4v) is 4.37. The van der Waals surface area contributed by atoms with Crippen molar-refractivity contribution in [3.05, 3.63) is 90.0 Å². The number of nitrogens with zero attached hydrogens (tertiary/aromatic N) is 1. The molecule has 1 heterocycles. The van der Waals surface area contributed by atoms with E-state index in [0.717, 1.165) is 33.3 Å². The molecule has 142 valence electrons. The van der Waals surface area contributed by atoms with Gasteiger partial charge in [-0.15, -0.1) is 0 Å². The highest BCUT2D eigenvalue weighted by Crippen LogP contribution is 2.46. The van der Waals surface area contributed by atoms with Gasteiger partial charge in [0.25, 0.3) is 0 Å². The van der Waals surface area contributed by atoms with Crippen molar-refractivity contribution in [2.75, 3.05) is 18.6 Å². The Labute approximate surface area is 169 Å². The monoisotopic (exact) mass is 379 g/mol. The van der Waals surface area contributed by atoms with Crippen LogP contribution in [-0.4, -0.2) is 19.6 Å². The smallest absolute Gasteiger partial charge is 0.340 e. The van der Waals surface area contributed by atoms with E-state index < -0.39 is 0 Å². The molecule has 0 fully saturated rings. The number of carbonyl (C=O) groups is 1. The van der Waals surface area contributed by atoms with E-state index in [4.69, 9.17) is 4.74 Å². The van der Waals surface area contributed by atoms with E-state index in [9.17, 15) is 4.79 Å². The third kappa shape index (κ3) is 2.62. The van der Waals surface area contributed by atoms with Gasteiger partial charge in [0, 0.05) is 18.0 Å². The van der Waals surface area contributed by atoms with Crippen LogP contribution in [-0.2, 0) is 9.53 Å². The molecule has 0 radical (unpaired) electrons. The lowest BCUT2D eigenvalue weighted by molar-refractivity contribution is -0.136. The largest absolute Gasteiger partial charge is 0.462 e. The highest BCUT2D eigenvalue weighted by Gasteiger charge is 2.31. The summed E-state index contributed by atoms with van der Waals surface area (Å²) in [7, 11) is 2.03. The van der Waals surface area contributed by atoms with Gasteiger partial charge in [0.1, 0.15) is 0 Å². The topological polar surface area (TPSA) is 29.5 Å². The lowest BCUT2D eigenvalue weighted by Gasteiger charge is -2.33. The maximum atomic E-state index is 13.1. The molecule has 0 spiro atoms. The van der Waals surface area contributed by atoms with E-state index >= 15 is 0 Å². The standard InChI is InChI=1S/C26H21NO2/c1-3-29-26(28)24-21-15-9-14-20-19-13-8-7-12-18(19)16-22(23(20)21)27(2)25(24)17-10-5-4-6-11-17/h4-16H,3H2,1-2H3. The number of benzene rings is 4. The Morgan fingerprint density at radius 3 is 2.41 bits per heavy atom. The first kappa shape index (κ1) is 17.5. The third-order valence-corrected chi connectivity index (χ3v) is 5.59. The number of hydrogen-bond donors (Lipinski definition) is 0. The Balaban J connectivity index is 1.93. The van der Waals surface area contributed by atoms with Crippen molar-refractivity contribution >= 4 is 44.5 Å². The lowest BCUT2D eigenvalue weighted by Crippen LogP contribution is -2.24. The van der Waals surface area contributed by atoms with Crippen LogP contribution in [0.15, 0.2) is 78.9 Å². The Bertz CT molecular complexity index is 1290. The molecule has 3 nitrogen and oxygen atoms in total. The summed E-state index contributed by atoms with van der Waals surface area (Å²) in [5, 5.41) is 4.62. The molecule has 0 saturated carbocycles. The summed E-state index contributed by atoms with van der Waals surface area (Å²) in [5.41, 5.74) is 4.52. The number of ether oxygens (including phenoxy) is 1. The number of anilines is 1. The van der Waals surface area contributed by atoms with Gasteiger partial charge in [0.2, 0.25) is 0 Å². The minimum atomic E-state index is -0.287. The molecule has 1 aliphatic rings. The molecule has 4 aromatic carbocycles. The number of rotatable bonds is 3. The Hall–Kier alpha value is -3.59. The van der Waals surface area contributed by atoms with Crippen molar-refractivity contribution in [3.8, 4) is 0 Å². The molecule has 0 aliphatic carbocycles. The fraction of sp³-hybridized carbons (Fsp3) is 0.115. The third-order valence-electron chi connectivity index (χ3n) is 5.59. The minimum Gasteiger partial charge on any atom is -0.462 e. The zero-order valence-electron chi connectivity index (χ0n) is 16.5. The predicted molar refractivity (Wildman–Crippen MR) is 120 cm³/mol. The van der Waals surface area contributed by atoms with Crippen LogP contribution in [0.25, 0.3) is 32.8 Å². The van der Waals surface area contributed by atoms with Crippen molar-refractivity contribution < 1.29 is 9.53 Å². The highest BCUT2D eigenvalue weighted by molar-refractivity contribution is 6.33. The summed E-state index contributed by atoms with van der Waals surface area (Å²) < 4.78 is 5.49. The molecule has 0 N–H and O–H groups in total. The Kier molecular flexibility index (Phi) is 4.09. The summed E-state index contributed by atoms with van der Waals surface area (Å²) >= 11 is 0. The van der Waals surface area contributed by atoms with Gasteiger partial charge >= 0.3 is 5.97 Å². The lowest BCUT2D eigenvalue weighted by atomic mass is 9.87. The molecule has 1 aliphatic heterocycles. The molecule has 0 atom stereocenters. The Morgan fingerprint density at radius 1 is 0.897 bits per heavy atom. The molecule has 0 saturated heterocycles. The van der Waals surface area contributed by atoms with E-state index in [2.05, 4.69) is 41.3 Å². The molecular weight excluding hydrogens is 358 g/mol. The average Bonchev–Trinajstić information content (AvgIpc) is 2.76. The minimum absolute atomic E-state index is 0.287. The van der Waals surface area contributed by atoms with Gasteiger partial charge in [-0.2, -0.15) is 0 Å². The molecule has 0 amide bonds. The maximum absolute atomic E-state index is 13.1. The number of hydrogen-bond acceptors (Lipinski definition) is 3. The molecule has 0 bridgehead atoms. The Morgan fingerprint density at radius 2 is 1.62 bits per heavy atom. The molecule has 5 rings (SSSR count). The van der Waals surface area contributed by atoms with E-state index in [1.54, 1.807) is 0 Å². The fourth-order valence-electron chi connectivity index (χ4n) is 4.37. The highest BCUT2D eigenvalue weighted by atomic mass is 16.5. The molecular formula is C26H21NO2. The summed E-state index contributed by atoms with van der Waals surface area (Å²) in [5.74, 6) is -0.287. The van der Waals surface area contributed by atoms with Crippen LogP contribution < -0.4 is 4.90 Å². The number of esters is 1. The summed E-state index contributed by atoms with van der Waals surface area (Å²) in [4.78, 5) is 15.3. The van der Waals surface area contributed by atoms with Crippen molar-refractivity contribution in [2.45, 2.75) is 6.92 Å². The van der Waals surface area contributed by atoms with Crippen molar-refractivity contribution in [1.82, 2.24) is 0 Å². The number of carbonyl (C=O) groups excluding carboxylic acids is 1. The summed E-state index contributed by atoms with van der Waals surface area (Å²) in [6, 6.07) is 26.9. The molecule has 0 unspecified atom stereocenters. The first-order chi connectivity index (χ1) is 14.2. The quantitative estimate of drug-likeness (QED) is 0.329. The average molecular weight is 379 g/mol. The van der Waals surface area contributed by atoms with Gasteiger partial charge in [0.15, 0.2) is 0 Å². The van der Waals surface area contributed by atoms with E-state index in [1.807, 2.05) is 56.4 Å². The summed E-state index contributed by atoms with van der Waals surface area (Å²) in [6.07, 6.45) is 0. The van der Waals surface area contributed by atoms with Gasteiger partial charge in [0.05, 0.1) is 23.6 Å². The SMILES string of the molecule is CCOC(=O)C1=C(c2ccccc2)N(C)c2cc3ccccc3c3cccc1c23. The van der Waals surface area contributed by atoms with Crippen molar-refractivity contribution in [2.24, 2.45) is 0 Å². The van der Waals surface area contributed by atoms with Crippen molar-refractivity contribution in [3.63, 3.8) is 0 Å². The second kappa shape index (κ2) is 6.78. The van der Waals surface area contributed by atoms with E-state index in [-0.39, 0.29) is 5.97 Å². The maximum Gasteiger partial charge on any atom is 0.340 e. The van der Waals surface area contributed by atoms with E-state index in [0.29, 0.717) is 12.2 Å². The summed E-state index contributed by atoms with van der Waals surface area (Å²) in [6.45, 7) is 2.18.